The predicted molar refractivity (Wildman–Crippen MR) is 159 cm³/mol. The summed E-state index contributed by atoms with van der Waals surface area (Å²) in [6.45, 7) is 7.11. The van der Waals surface area contributed by atoms with Gasteiger partial charge in [-0.05, 0) is 56.2 Å². The van der Waals surface area contributed by atoms with Gasteiger partial charge in [-0.15, -0.1) is 0 Å². The van der Waals surface area contributed by atoms with Crippen LogP contribution in [-0.4, -0.2) is 70.1 Å². The summed E-state index contributed by atoms with van der Waals surface area (Å²) in [5.74, 6) is -0.713. The molecule has 0 aliphatic carbocycles. The zero-order valence-electron chi connectivity index (χ0n) is 25.4. The number of aromatic nitrogens is 4. The molecule has 1 aromatic carbocycles. The van der Waals surface area contributed by atoms with Crippen molar-refractivity contribution >= 4 is 23.6 Å². The molecule has 45 heavy (non-hydrogen) atoms. The van der Waals surface area contributed by atoms with Crippen LogP contribution in [0.15, 0.2) is 36.5 Å². The number of nitrogens with two attached hydrogens (primary N) is 1. The maximum atomic E-state index is 14.7. The lowest BCUT2D eigenvalue weighted by Crippen LogP contribution is -2.41. The average Bonchev–Trinajstić information content (AvgIpc) is 3.61. The Morgan fingerprint density at radius 3 is 2.60 bits per heavy atom. The number of piperidine rings is 1. The molecule has 0 saturated carbocycles. The van der Waals surface area contributed by atoms with E-state index in [0.717, 1.165) is 12.8 Å². The van der Waals surface area contributed by atoms with E-state index in [1.807, 2.05) is 4.90 Å². The Kier molecular flexibility index (Phi) is 9.18. The van der Waals surface area contributed by atoms with Crippen molar-refractivity contribution in [3.63, 3.8) is 0 Å². The maximum Gasteiger partial charge on any atom is 0.429 e. The fraction of sp³-hybridized carbons (Fsp3) is 0.500. The Labute approximate surface area is 258 Å². The molecule has 2 aliphatic heterocycles. The van der Waals surface area contributed by atoms with E-state index in [2.05, 4.69) is 25.7 Å². The summed E-state index contributed by atoms with van der Waals surface area (Å²) in [6.07, 6.45) is -3.53. The van der Waals surface area contributed by atoms with Gasteiger partial charge in [0.1, 0.15) is 11.9 Å². The minimum Gasteiger partial charge on any atom is -0.465 e. The number of nitrogens with zero attached hydrogens (tertiary/aromatic N) is 5. The number of hydrogen-bond donors (Lipinski definition) is 3. The van der Waals surface area contributed by atoms with Gasteiger partial charge in [-0.3, -0.25) is 9.59 Å². The van der Waals surface area contributed by atoms with E-state index in [9.17, 15) is 22.8 Å². The van der Waals surface area contributed by atoms with Gasteiger partial charge in [0.25, 0.3) is 0 Å². The number of alkyl halides is 3. The molecular weight excluding hydrogens is 593 g/mol. The lowest BCUT2D eigenvalue weighted by atomic mass is 9.76. The van der Waals surface area contributed by atoms with Gasteiger partial charge in [0, 0.05) is 50.9 Å². The summed E-state index contributed by atoms with van der Waals surface area (Å²) in [5, 5.41) is 10.2. The van der Waals surface area contributed by atoms with E-state index in [4.69, 9.17) is 15.2 Å². The first-order valence-corrected chi connectivity index (χ1v) is 14.8. The molecule has 5 rings (SSSR count). The van der Waals surface area contributed by atoms with Crippen LogP contribution in [0.3, 0.4) is 0 Å². The van der Waals surface area contributed by atoms with Crippen LogP contribution >= 0.6 is 0 Å². The number of hydrogen-bond acceptors (Lipinski definition) is 10. The molecule has 15 heteroatoms. The SMILES string of the molecule is CCOC(=O)[C@@H]1CC2(CCN(c3cc(O[C@H](c4ccc(CNC(C)=O)cc4-n4ccc(C)n4)C(F)(F)F)nc(N)n3)CC2)CN1. The van der Waals surface area contributed by atoms with E-state index in [1.165, 1.54) is 35.9 Å². The predicted octanol–water partition coefficient (Wildman–Crippen LogP) is 3.38. The second kappa shape index (κ2) is 12.9. The highest BCUT2D eigenvalue weighted by atomic mass is 19.4. The number of benzene rings is 1. The Morgan fingerprint density at radius 1 is 1.20 bits per heavy atom. The molecule has 12 nitrogen and oxygen atoms in total. The highest BCUT2D eigenvalue weighted by Gasteiger charge is 2.46. The van der Waals surface area contributed by atoms with Gasteiger partial charge in [-0.25, -0.2) is 4.68 Å². The standard InChI is InChI=1S/C30H37F3N8O4/c1-4-44-27(43)22-15-29(17-36-22)8-11-40(12-9-29)24-14-25(38-28(34)37-24)45-26(30(31,32)33)21-6-5-20(16-35-19(3)42)13-23(21)41-10-7-18(2)39-41/h5-7,10,13-14,22,26,36H,4,8-9,11-12,15-17H2,1-3H3,(H,35,42)(H2,34,37,38)/t22-,26+/m0/s1. The van der Waals surface area contributed by atoms with Crippen LogP contribution in [0.25, 0.3) is 5.69 Å². The molecule has 2 saturated heterocycles. The summed E-state index contributed by atoms with van der Waals surface area (Å²) in [7, 11) is 0. The van der Waals surface area contributed by atoms with Crippen molar-refractivity contribution in [3.05, 3.63) is 53.3 Å². The van der Waals surface area contributed by atoms with Gasteiger partial charge in [0.05, 0.1) is 18.0 Å². The number of ether oxygens (including phenoxy) is 2. The van der Waals surface area contributed by atoms with Crippen molar-refractivity contribution in [1.29, 1.82) is 0 Å². The number of halogens is 3. The van der Waals surface area contributed by atoms with E-state index >= 15 is 0 Å². The van der Waals surface area contributed by atoms with Crippen molar-refractivity contribution in [1.82, 2.24) is 30.4 Å². The smallest absolute Gasteiger partial charge is 0.429 e. The number of nitrogens with one attached hydrogen (secondary N) is 2. The largest absolute Gasteiger partial charge is 0.465 e. The van der Waals surface area contributed by atoms with Gasteiger partial charge < -0.3 is 30.7 Å². The third kappa shape index (κ3) is 7.47. The summed E-state index contributed by atoms with van der Waals surface area (Å²) in [5.41, 5.74) is 7.03. The van der Waals surface area contributed by atoms with E-state index in [-0.39, 0.29) is 53.0 Å². The first kappa shape index (κ1) is 32.0. The molecular formula is C30H37F3N8O4. The molecule has 2 aromatic heterocycles. The number of rotatable bonds is 9. The quantitative estimate of drug-likeness (QED) is 0.301. The van der Waals surface area contributed by atoms with Crippen LogP contribution in [-0.2, 0) is 20.9 Å². The van der Waals surface area contributed by atoms with Crippen LogP contribution in [0.2, 0.25) is 0 Å². The maximum absolute atomic E-state index is 14.7. The monoisotopic (exact) mass is 630 g/mol. The van der Waals surface area contributed by atoms with Crippen LogP contribution in [0.5, 0.6) is 5.88 Å². The first-order valence-electron chi connectivity index (χ1n) is 14.8. The first-order chi connectivity index (χ1) is 21.4. The molecule has 0 unspecified atom stereocenters. The number of nitrogen functional groups attached to an aromatic ring is 1. The topological polar surface area (TPSA) is 150 Å². The lowest BCUT2D eigenvalue weighted by Gasteiger charge is -2.39. The molecule has 2 atom stereocenters. The zero-order chi connectivity index (χ0) is 32.4. The summed E-state index contributed by atoms with van der Waals surface area (Å²) < 4.78 is 56.1. The average molecular weight is 631 g/mol. The lowest BCUT2D eigenvalue weighted by molar-refractivity contribution is -0.198. The normalized spacial score (nSPS) is 18.5. The van der Waals surface area contributed by atoms with Crippen molar-refractivity contribution in [3.8, 4) is 11.6 Å². The minimum absolute atomic E-state index is 0.0828. The Hall–Kier alpha value is -4.40. The highest BCUT2D eigenvalue weighted by Crippen LogP contribution is 2.42. The molecule has 0 radical (unpaired) electrons. The van der Waals surface area contributed by atoms with Crippen molar-refractivity contribution < 1.29 is 32.2 Å². The Balaban J connectivity index is 1.38. The molecule has 2 aliphatic rings. The molecule has 1 amide bonds. The van der Waals surface area contributed by atoms with Gasteiger partial charge in [0.15, 0.2) is 0 Å². The summed E-state index contributed by atoms with van der Waals surface area (Å²) in [6, 6.07) is 7.04. The minimum atomic E-state index is -4.83. The van der Waals surface area contributed by atoms with E-state index in [1.54, 1.807) is 26.1 Å². The van der Waals surface area contributed by atoms with Gasteiger partial charge in [-0.1, -0.05) is 12.1 Å². The molecule has 0 bridgehead atoms. The van der Waals surface area contributed by atoms with Crippen molar-refractivity contribution in [2.24, 2.45) is 5.41 Å². The van der Waals surface area contributed by atoms with Crippen LogP contribution < -0.4 is 26.0 Å². The van der Waals surface area contributed by atoms with Crippen LogP contribution in [0.1, 0.15) is 56.0 Å². The Morgan fingerprint density at radius 2 is 1.96 bits per heavy atom. The number of carbonyl (C=O) groups excluding carboxylic acids is 2. The number of amides is 1. The number of carbonyl (C=O) groups is 2. The van der Waals surface area contributed by atoms with Gasteiger partial charge in [0.2, 0.25) is 23.8 Å². The summed E-state index contributed by atoms with van der Waals surface area (Å²) >= 11 is 0. The molecule has 4 N–H and O–H groups in total. The van der Waals surface area contributed by atoms with Gasteiger partial charge >= 0.3 is 12.1 Å². The highest BCUT2D eigenvalue weighted by molar-refractivity contribution is 5.76. The number of anilines is 2. The Bertz CT molecular complexity index is 1540. The van der Waals surface area contributed by atoms with Crippen LogP contribution in [0, 0.1) is 12.3 Å². The zero-order valence-corrected chi connectivity index (χ0v) is 25.4. The number of esters is 1. The summed E-state index contributed by atoms with van der Waals surface area (Å²) in [4.78, 5) is 33.9. The molecule has 4 heterocycles. The molecule has 242 valence electrons. The fourth-order valence-corrected chi connectivity index (χ4v) is 5.89. The third-order valence-electron chi connectivity index (χ3n) is 8.21. The second-order valence-electron chi connectivity index (χ2n) is 11.5. The number of aryl methyl sites for hydroxylation is 1. The van der Waals surface area contributed by atoms with Gasteiger partial charge in [-0.2, -0.15) is 28.2 Å². The van der Waals surface area contributed by atoms with Crippen molar-refractivity contribution in [2.45, 2.75) is 64.9 Å². The van der Waals surface area contributed by atoms with Crippen LogP contribution in [0.4, 0.5) is 24.9 Å². The third-order valence-corrected chi connectivity index (χ3v) is 8.21. The molecule has 1 spiro atoms. The fourth-order valence-electron chi connectivity index (χ4n) is 5.89. The molecule has 2 fully saturated rings. The van der Waals surface area contributed by atoms with E-state index < -0.39 is 12.3 Å². The second-order valence-corrected chi connectivity index (χ2v) is 11.5. The van der Waals surface area contributed by atoms with Crippen molar-refractivity contribution in [2.75, 3.05) is 36.9 Å². The van der Waals surface area contributed by atoms with E-state index in [0.29, 0.717) is 49.7 Å². The molecule has 3 aromatic rings.